The number of aromatic nitrogens is 4. The van der Waals surface area contributed by atoms with Gasteiger partial charge in [-0.3, -0.25) is 9.48 Å². The minimum atomic E-state index is -0.363. The molecule has 0 aliphatic carbocycles. The number of halogens is 1. The van der Waals surface area contributed by atoms with Crippen LogP contribution in [0, 0.1) is 0 Å². The summed E-state index contributed by atoms with van der Waals surface area (Å²) >= 11 is 6.17. The van der Waals surface area contributed by atoms with Crippen LogP contribution < -0.4 is 11.1 Å². The molecule has 0 fully saturated rings. The number of hydrogen-bond acceptors (Lipinski definition) is 6. The Balaban J connectivity index is 1.79. The van der Waals surface area contributed by atoms with Gasteiger partial charge in [0.15, 0.2) is 11.6 Å². The number of carbonyl (C=O) groups excluding carboxylic acids is 1. The number of anilines is 2. The van der Waals surface area contributed by atoms with Crippen LogP contribution in [0.25, 0.3) is 11.3 Å². The van der Waals surface area contributed by atoms with E-state index in [2.05, 4.69) is 20.4 Å². The molecule has 0 saturated heterocycles. The largest absolute Gasteiger partial charge is 0.383 e. The van der Waals surface area contributed by atoms with Crippen molar-refractivity contribution in [2.45, 2.75) is 6.54 Å². The molecule has 2 heterocycles. The smallest absolute Gasteiger partial charge is 0.275 e. The molecule has 134 valence electrons. The predicted molar refractivity (Wildman–Crippen MR) is 98.9 cm³/mol. The minimum Gasteiger partial charge on any atom is -0.383 e. The maximum atomic E-state index is 12.4. The number of nitrogens with two attached hydrogens (primary N) is 1. The topological polar surface area (TPSA) is 108 Å². The minimum absolute atomic E-state index is 0.170. The third kappa shape index (κ3) is 3.81. The van der Waals surface area contributed by atoms with Crippen LogP contribution in [0.5, 0.6) is 0 Å². The second-order valence-corrected chi connectivity index (χ2v) is 5.76. The van der Waals surface area contributed by atoms with Crippen molar-refractivity contribution in [3.8, 4) is 11.3 Å². The standard InChI is InChI=1S/C17H17ClN6O2/c1-26-9-8-24-13(6-7-21-24)17(25)23-14-10-20-15(16(19)22-14)11-4-2-3-5-12(11)18/h2-7,10H,8-9H2,1H3,(H3,19,22,23,25). The Hall–Kier alpha value is -2.97. The number of rotatable bonds is 6. The lowest BCUT2D eigenvalue weighted by Crippen LogP contribution is -2.20. The van der Waals surface area contributed by atoms with Crippen LogP contribution in [0.4, 0.5) is 11.6 Å². The summed E-state index contributed by atoms with van der Waals surface area (Å²) in [5.74, 6) is 0.0457. The number of amides is 1. The maximum absolute atomic E-state index is 12.4. The molecule has 3 rings (SSSR count). The first-order valence-corrected chi connectivity index (χ1v) is 8.17. The van der Waals surface area contributed by atoms with Crippen LogP contribution in [0.15, 0.2) is 42.7 Å². The fourth-order valence-corrected chi connectivity index (χ4v) is 2.61. The van der Waals surface area contributed by atoms with E-state index in [1.165, 1.54) is 6.20 Å². The van der Waals surface area contributed by atoms with Gasteiger partial charge in [0, 0.05) is 18.9 Å². The van der Waals surface area contributed by atoms with Gasteiger partial charge in [0.2, 0.25) is 0 Å². The van der Waals surface area contributed by atoms with E-state index in [0.29, 0.717) is 35.1 Å². The fraction of sp³-hybridized carbons (Fsp3) is 0.176. The number of nitrogen functional groups attached to an aromatic ring is 1. The van der Waals surface area contributed by atoms with Gasteiger partial charge in [-0.1, -0.05) is 29.8 Å². The number of methoxy groups -OCH3 is 1. The van der Waals surface area contributed by atoms with Crippen molar-refractivity contribution >= 4 is 29.1 Å². The van der Waals surface area contributed by atoms with E-state index in [-0.39, 0.29) is 17.5 Å². The Morgan fingerprint density at radius 3 is 2.88 bits per heavy atom. The van der Waals surface area contributed by atoms with Crippen LogP contribution in [-0.4, -0.2) is 39.4 Å². The molecule has 0 aliphatic heterocycles. The molecule has 3 aromatic rings. The molecule has 0 saturated carbocycles. The van der Waals surface area contributed by atoms with E-state index in [4.69, 9.17) is 22.1 Å². The van der Waals surface area contributed by atoms with Gasteiger partial charge in [-0.2, -0.15) is 5.10 Å². The zero-order valence-corrected chi connectivity index (χ0v) is 14.8. The van der Waals surface area contributed by atoms with Gasteiger partial charge < -0.3 is 15.8 Å². The monoisotopic (exact) mass is 372 g/mol. The first kappa shape index (κ1) is 17.8. The summed E-state index contributed by atoms with van der Waals surface area (Å²) in [4.78, 5) is 20.9. The predicted octanol–water partition coefficient (Wildman–Crippen LogP) is 2.47. The van der Waals surface area contributed by atoms with E-state index in [1.807, 2.05) is 12.1 Å². The third-order valence-corrected chi connectivity index (χ3v) is 3.96. The zero-order valence-electron chi connectivity index (χ0n) is 14.0. The lowest BCUT2D eigenvalue weighted by Gasteiger charge is -2.10. The van der Waals surface area contributed by atoms with Crippen LogP contribution in [0.3, 0.4) is 0 Å². The average Bonchev–Trinajstić information content (AvgIpc) is 3.10. The van der Waals surface area contributed by atoms with Crippen molar-refractivity contribution in [3.63, 3.8) is 0 Å². The Kier molecular flexibility index (Phi) is 5.45. The molecule has 0 aliphatic rings. The molecule has 0 spiro atoms. The summed E-state index contributed by atoms with van der Waals surface area (Å²) in [6.07, 6.45) is 2.98. The highest BCUT2D eigenvalue weighted by Gasteiger charge is 2.15. The van der Waals surface area contributed by atoms with Gasteiger partial charge in [0.1, 0.15) is 11.4 Å². The van der Waals surface area contributed by atoms with Crippen molar-refractivity contribution in [2.75, 3.05) is 24.8 Å². The second-order valence-electron chi connectivity index (χ2n) is 5.36. The number of hydrogen-bond donors (Lipinski definition) is 2. The molecular weight excluding hydrogens is 356 g/mol. The first-order valence-electron chi connectivity index (χ1n) is 7.79. The summed E-state index contributed by atoms with van der Waals surface area (Å²) in [6, 6.07) is 8.81. The second kappa shape index (κ2) is 7.94. The van der Waals surface area contributed by atoms with E-state index in [1.54, 1.807) is 36.2 Å². The number of carbonyl (C=O) groups is 1. The van der Waals surface area contributed by atoms with E-state index >= 15 is 0 Å². The molecule has 8 nitrogen and oxygen atoms in total. The molecule has 9 heteroatoms. The lowest BCUT2D eigenvalue weighted by molar-refractivity contribution is 0.101. The highest BCUT2D eigenvalue weighted by atomic mass is 35.5. The van der Waals surface area contributed by atoms with E-state index in [0.717, 1.165) is 0 Å². The number of ether oxygens (including phenoxy) is 1. The summed E-state index contributed by atoms with van der Waals surface area (Å²) in [5, 5.41) is 7.29. The molecule has 0 unspecified atom stereocenters. The third-order valence-electron chi connectivity index (χ3n) is 3.63. The fourth-order valence-electron chi connectivity index (χ4n) is 2.39. The van der Waals surface area contributed by atoms with Crippen LogP contribution in [0.1, 0.15) is 10.5 Å². The van der Waals surface area contributed by atoms with Crippen LogP contribution >= 0.6 is 11.6 Å². The van der Waals surface area contributed by atoms with E-state index in [9.17, 15) is 4.79 Å². The van der Waals surface area contributed by atoms with Gasteiger partial charge >= 0.3 is 0 Å². The Morgan fingerprint density at radius 2 is 2.15 bits per heavy atom. The number of benzene rings is 1. The number of nitrogens with one attached hydrogen (secondary N) is 1. The Morgan fingerprint density at radius 1 is 1.35 bits per heavy atom. The van der Waals surface area contributed by atoms with Crippen molar-refractivity contribution in [1.82, 2.24) is 19.7 Å². The summed E-state index contributed by atoms with van der Waals surface area (Å²) in [5.41, 5.74) is 7.51. The summed E-state index contributed by atoms with van der Waals surface area (Å²) in [6.45, 7) is 0.909. The number of nitrogens with zero attached hydrogens (tertiary/aromatic N) is 4. The van der Waals surface area contributed by atoms with Crippen molar-refractivity contribution in [2.24, 2.45) is 0 Å². The Bertz CT molecular complexity index is 927. The molecule has 0 radical (unpaired) electrons. The van der Waals surface area contributed by atoms with Gasteiger partial charge in [0.05, 0.1) is 24.4 Å². The van der Waals surface area contributed by atoms with Gasteiger partial charge in [0.25, 0.3) is 5.91 Å². The summed E-state index contributed by atoms with van der Waals surface area (Å²) in [7, 11) is 1.59. The molecule has 1 aromatic carbocycles. The van der Waals surface area contributed by atoms with Crippen LogP contribution in [-0.2, 0) is 11.3 Å². The highest BCUT2D eigenvalue weighted by Crippen LogP contribution is 2.29. The average molecular weight is 373 g/mol. The van der Waals surface area contributed by atoms with E-state index < -0.39 is 0 Å². The normalized spacial score (nSPS) is 10.7. The first-order chi connectivity index (χ1) is 12.6. The van der Waals surface area contributed by atoms with Crippen molar-refractivity contribution in [3.05, 3.63) is 53.4 Å². The molecular formula is C17H17ClN6O2. The molecule has 26 heavy (non-hydrogen) atoms. The zero-order chi connectivity index (χ0) is 18.5. The lowest BCUT2D eigenvalue weighted by atomic mass is 10.1. The van der Waals surface area contributed by atoms with Crippen molar-refractivity contribution in [1.29, 1.82) is 0 Å². The SMILES string of the molecule is COCCn1nccc1C(=O)Nc1cnc(-c2ccccc2Cl)c(N)n1. The maximum Gasteiger partial charge on any atom is 0.275 e. The quantitative estimate of drug-likeness (QED) is 0.688. The molecule has 0 atom stereocenters. The summed E-state index contributed by atoms with van der Waals surface area (Å²) < 4.78 is 6.56. The van der Waals surface area contributed by atoms with Gasteiger partial charge in [-0.05, 0) is 12.1 Å². The van der Waals surface area contributed by atoms with Gasteiger partial charge in [-0.15, -0.1) is 0 Å². The molecule has 3 N–H and O–H groups in total. The van der Waals surface area contributed by atoms with Crippen molar-refractivity contribution < 1.29 is 9.53 Å². The van der Waals surface area contributed by atoms with Gasteiger partial charge in [-0.25, -0.2) is 9.97 Å². The Labute approximate surface area is 155 Å². The molecule has 1 amide bonds. The molecule has 2 aromatic heterocycles. The molecule has 0 bridgehead atoms. The highest BCUT2D eigenvalue weighted by molar-refractivity contribution is 6.33. The van der Waals surface area contributed by atoms with Crippen LogP contribution in [0.2, 0.25) is 5.02 Å².